The van der Waals surface area contributed by atoms with Crippen LogP contribution in [-0.2, 0) is 16.3 Å². The third-order valence-electron chi connectivity index (χ3n) is 1.45. The molecule has 53 valence electrons. The van der Waals surface area contributed by atoms with Gasteiger partial charge in [0.1, 0.15) is 18.2 Å². The average Bonchev–Trinajstić information content (AvgIpc) is 1.90. The lowest BCUT2D eigenvalue weighted by Crippen LogP contribution is -2.40. The summed E-state index contributed by atoms with van der Waals surface area (Å²) in [6.45, 7) is 1.30. The molecule has 0 atom stereocenters. The van der Waals surface area contributed by atoms with Gasteiger partial charge in [0.25, 0.3) is 0 Å². The van der Waals surface area contributed by atoms with Crippen molar-refractivity contribution in [3.05, 3.63) is 0 Å². The fourth-order valence-corrected chi connectivity index (χ4v) is 1.93. The van der Waals surface area contributed by atoms with E-state index in [9.17, 15) is 9.66 Å². The predicted molar refractivity (Wildman–Crippen MR) is 35.0 cm³/mol. The van der Waals surface area contributed by atoms with Gasteiger partial charge in [-0.2, -0.15) is 0 Å². The van der Waals surface area contributed by atoms with Crippen LogP contribution < -0.4 is 0 Å². The van der Waals surface area contributed by atoms with Crippen molar-refractivity contribution in [3.63, 3.8) is 0 Å². The normalized spacial score (nSPS) is 24.7. The molecule has 1 aliphatic rings. The van der Waals surface area contributed by atoms with Crippen LogP contribution in [-0.4, -0.2) is 40.8 Å². The maximum atomic E-state index is 10.7. The molecule has 0 N–H and O–H groups in total. The maximum absolute atomic E-state index is 10.7. The van der Waals surface area contributed by atoms with Crippen LogP contribution in [0.4, 0.5) is 0 Å². The van der Waals surface area contributed by atoms with Gasteiger partial charge < -0.3 is 4.55 Å². The van der Waals surface area contributed by atoms with E-state index in [1.165, 1.54) is 0 Å². The van der Waals surface area contributed by atoms with Gasteiger partial charge in [-0.25, -0.2) is 5.11 Å². The van der Waals surface area contributed by atoms with E-state index in [0.29, 0.717) is 11.5 Å². The molecule has 0 spiro atoms. The molecule has 0 amide bonds. The van der Waals surface area contributed by atoms with Crippen LogP contribution in [0.1, 0.15) is 0 Å². The number of hydrogen-bond donors (Lipinski definition) is 0. The molecule has 0 aromatic carbocycles. The SMILES string of the molecule is [O]CN1CC[S+]([O-])CC1. The fourth-order valence-electron chi connectivity index (χ4n) is 0.805. The van der Waals surface area contributed by atoms with Crippen molar-refractivity contribution < 1.29 is 9.66 Å². The smallest absolute Gasteiger partial charge is 0.135 e. The number of nitrogens with zero attached hydrogens (tertiary/aromatic N) is 1. The second-order valence-electron chi connectivity index (χ2n) is 2.10. The molecule has 1 heterocycles. The van der Waals surface area contributed by atoms with E-state index in [1.54, 1.807) is 4.90 Å². The maximum Gasteiger partial charge on any atom is 0.135 e. The monoisotopic (exact) mass is 148 g/mol. The standard InChI is InChI=1S/C5H10NO2S/c7-5-6-1-3-9(8)4-2-6/h1-5H2. The zero-order valence-electron chi connectivity index (χ0n) is 5.21. The van der Waals surface area contributed by atoms with E-state index in [0.717, 1.165) is 13.1 Å². The molecule has 0 bridgehead atoms. The largest absolute Gasteiger partial charge is 0.616 e. The van der Waals surface area contributed by atoms with E-state index in [2.05, 4.69) is 0 Å². The first-order valence-electron chi connectivity index (χ1n) is 2.98. The Bertz CT molecular complexity index is 83.0. The minimum Gasteiger partial charge on any atom is -0.616 e. The van der Waals surface area contributed by atoms with Gasteiger partial charge in [0.15, 0.2) is 0 Å². The summed E-state index contributed by atoms with van der Waals surface area (Å²) in [6, 6.07) is 0. The zero-order chi connectivity index (χ0) is 6.69. The van der Waals surface area contributed by atoms with Crippen molar-refractivity contribution in [1.82, 2.24) is 4.90 Å². The summed E-state index contributed by atoms with van der Waals surface area (Å²) in [7, 11) is 0. The predicted octanol–water partition coefficient (Wildman–Crippen LogP) is -0.561. The number of hydrogen-bond acceptors (Lipinski definition) is 2. The Hall–Kier alpha value is 0.230. The Morgan fingerprint density at radius 2 is 2.00 bits per heavy atom. The summed E-state index contributed by atoms with van der Waals surface area (Å²) < 4.78 is 10.7. The highest BCUT2D eigenvalue weighted by Crippen LogP contribution is 2.01. The summed E-state index contributed by atoms with van der Waals surface area (Å²) in [6.07, 6.45) is 0. The highest BCUT2D eigenvalue weighted by molar-refractivity contribution is 7.91. The molecule has 1 aliphatic heterocycles. The molecule has 0 unspecified atom stereocenters. The minimum atomic E-state index is -0.643. The molecular formula is C5H10NO2S. The van der Waals surface area contributed by atoms with Gasteiger partial charge in [0.2, 0.25) is 0 Å². The Kier molecular flexibility index (Phi) is 2.78. The summed E-state index contributed by atoms with van der Waals surface area (Å²) in [5, 5.41) is 10.2. The molecule has 0 aromatic rings. The Labute approximate surface area is 57.8 Å². The first kappa shape index (κ1) is 7.34. The Morgan fingerprint density at radius 3 is 2.44 bits per heavy atom. The highest BCUT2D eigenvalue weighted by atomic mass is 32.2. The Balaban J connectivity index is 2.18. The van der Waals surface area contributed by atoms with Gasteiger partial charge in [-0.1, -0.05) is 11.2 Å². The second-order valence-corrected chi connectivity index (χ2v) is 3.79. The fraction of sp³-hybridized carbons (Fsp3) is 1.00. The van der Waals surface area contributed by atoms with Crippen molar-refractivity contribution in [2.45, 2.75) is 0 Å². The average molecular weight is 148 g/mol. The van der Waals surface area contributed by atoms with Crippen molar-refractivity contribution in [2.24, 2.45) is 0 Å². The van der Waals surface area contributed by atoms with E-state index in [-0.39, 0.29) is 6.73 Å². The molecular weight excluding hydrogens is 138 g/mol. The molecule has 0 saturated carbocycles. The molecule has 1 saturated heterocycles. The molecule has 0 aromatic heterocycles. The Morgan fingerprint density at radius 1 is 1.44 bits per heavy atom. The van der Waals surface area contributed by atoms with E-state index in [4.69, 9.17) is 0 Å². The van der Waals surface area contributed by atoms with Crippen LogP contribution in [0.3, 0.4) is 0 Å². The quantitative estimate of drug-likeness (QED) is 0.468. The third kappa shape index (κ3) is 2.14. The molecule has 1 rings (SSSR count). The lowest BCUT2D eigenvalue weighted by Gasteiger charge is -2.24. The molecule has 0 aliphatic carbocycles. The minimum absolute atomic E-state index is 0.142. The molecule has 4 heteroatoms. The van der Waals surface area contributed by atoms with Crippen LogP contribution in [0.25, 0.3) is 0 Å². The first-order valence-corrected chi connectivity index (χ1v) is 4.47. The van der Waals surface area contributed by atoms with Gasteiger partial charge in [-0.05, 0) is 0 Å². The van der Waals surface area contributed by atoms with Gasteiger partial charge in [0, 0.05) is 13.1 Å². The summed E-state index contributed by atoms with van der Waals surface area (Å²) in [5.41, 5.74) is 0. The molecule has 3 nitrogen and oxygen atoms in total. The highest BCUT2D eigenvalue weighted by Gasteiger charge is 2.17. The third-order valence-corrected chi connectivity index (χ3v) is 2.73. The van der Waals surface area contributed by atoms with Gasteiger partial charge >= 0.3 is 0 Å². The zero-order valence-corrected chi connectivity index (χ0v) is 6.02. The summed E-state index contributed by atoms with van der Waals surface area (Å²) in [4.78, 5) is 1.78. The molecule has 9 heavy (non-hydrogen) atoms. The summed E-state index contributed by atoms with van der Waals surface area (Å²) in [5.74, 6) is 1.37. The van der Waals surface area contributed by atoms with Crippen LogP contribution in [0.5, 0.6) is 0 Å². The lowest BCUT2D eigenvalue weighted by atomic mass is 10.5. The second kappa shape index (κ2) is 3.41. The van der Waals surface area contributed by atoms with Gasteiger partial charge in [-0.15, -0.1) is 0 Å². The van der Waals surface area contributed by atoms with Gasteiger partial charge in [0.05, 0.1) is 0 Å². The van der Waals surface area contributed by atoms with Crippen molar-refractivity contribution in [1.29, 1.82) is 0 Å². The van der Waals surface area contributed by atoms with E-state index >= 15 is 0 Å². The van der Waals surface area contributed by atoms with Crippen LogP contribution >= 0.6 is 0 Å². The van der Waals surface area contributed by atoms with Crippen LogP contribution in [0, 0.1) is 0 Å². The van der Waals surface area contributed by atoms with Crippen molar-refractivity contribution in [2.75, 3.05) is 31.3 Å². The molecule has 1 fully saturated rings. The van der Waals surface area contributed by atoms with Crippen molar-refractivity contribution >= 4 is 11.2 Å². The topological polar surface area (TPSA) is 46.2 Å². The first-order chi connectivity index (χ1) is 4.33. The van der Waals surface area contributed by atoms with Crippen LogP contribution in [0.2, 0.25) is 0 Å². The lowest BCUT2D eigenvalue weighted by molar-refractivity contribution is 0.0575. The van der Waals surface area contributed by atoms with Crippen molar-refractivity contribution in [3.8, 4) is 0 Å². The summed E-state index contributed by atoms with van der Waals surface area (Å²) >= 11 is -0.643. The number of rotatable bonds is 1. The van der Waals surface area contributed by atoms with Crippen LogP contribution in [0.15, 0.2) is 0 Å². The van der Waals surface area contributed by atoms with E-state index in [1.807, 2.05) is 0 Å². The van der Waals surface area contributed by atoms with E-state index < -0.39 is 11.2 Å². The molecule has 1 radical (unpaired) electrons. The van der Waals surface area contributed by atoms with Gasteiger partial charge in [-0.3, -0.25) is 4.90 Å².